The maximum atomic E-state index is 17.1. The lowest BCUT2D eigenvalue weighted by Gasteiger charge is -2.41. The van der Waals surface area contributed by atoms with Crippen LogP contribution < -0.4 is 9.64 Å². The van der Waals surface area contributed by atoms with Gasteiger partial charge in [-0.25, -0.2) is 13.2 Å². The number of nitrogens with zero attached hydrogens (tertiary/aromatic N) is 6. The molecule has 1 aliphatic carbocycles. The number of anilines is 1. The van der Waals surface area contributed by atoms with Crippen LogP contribution in [0.2, 0.25) is 0 Å². The van der Waals surface area contributed by atoms with Gasteiger partial charge in [0.2, 0.25) is 5.91 Å². The summed E-state index contributed by atoms with van der Waals surface area (Å²) in [5, 5.41) is 12.1. The van der Waals surface area contributed by atoms with E-state index in [0.29, 0.717) is 65.8 Å². The molecule has 4 aromatic rings. The Hall–Kier alpha value is -4.19. The number of amides is 1. The smallest absolute Gasteiger partial charge is 0.319 e. The highest BCUT2D eigenvalue weighted by atomic mass is 19.1. The van der Waals surface area contributed by atoms with Gasteiger partial charge in [-0.3, -0.25) is 14.7 Å². The minimum Gasteiger partial charge on any atom is -0.508 e. The molecule has 2 unspecified atom stereocenters. The van der Waals surface area contributed by atoms with E-state index in [1.807, 2.05) is 6.92 Å². The third-order valence-electron chi connectivity index (χ3n) is 12.1. The zero-order chi connectivity index (χ0) is 35.7. The number of carbonyl (C=O) groups excluding carboxylic acids is 1. The number of piperidine rings is 1. The number of aromatic hydroxyl groups is 1. The molecular weight excluding hydrogens is 657 g/mol. The van der Waals surface area contributed by atoms with Crippen LogP contribution in [-0.2, 0) is 11.2 Å². The Balaban J connectivity index is 1.24. The van der Waals surface area contributed by atoms with Gasteiger partial charge in [0, 0.05) is 58.3 Å². The van der Waals surface area contributed by atoms with E-state index >= 15 is 8.78 Å². The first-order chi connectivity index (χ1) is 24.5. The van der Waals surface area contributed by atoms with Crippen LogP contribution in [0.3, 0.4) is 0 Å². The number of phenols is 1. The summed E-state index contributed by atoms with van der Waals surface area (Å²) in [4.78, 5) is 32.8. The maximum Gasteiger partial charge on any atom is 0.319 e. The summed E-state index contributed by atoms with van der Waals surface area (Å²) < 4.78 is 53.2. The first-order valence-corrected chi connectivity index (χ1v) is 18.3. The molecule has 3 aliphatic heterocycles. The lowest BCUT2D eigenvalue weighted by atomic mass is 9.78. The summed E-state index contributed by atoms with van der Waals surface area (Å²) in [7, 11) is 3.55. The molecule has 4 aliphatic rings. The van der Waals surface area contributed by atoms with Crippen molar-refractivity contribution >= 4 is 33.4 Å². The summed E-state index contributed by atoms with van der Waals surface area (Å²) in [6.45, 7) is 4.57. The van der Waals surface area contributed by atoms with Crippen molar-refractivity contribution < 1.29 is 27.8 Å². The molecular formula is C39H45F3N6O3. The Morgan fingerprint density at radius 3 is 2.78 bits per heavy atom. The van der Waals surface area contributed by atoms with Gasteiger partial charge in [-0.05, 0) is 97.4 Å². The molecule has 2 bridgehead atoms. The van der Waals surface area contributed by atoms with E-state index in [4.69, 9.17) is 9.72 Å². The van der Waals surface area contributed by atoms with Crippen LogP contribution in [0, 0.1) is 23.0 Å². The van der Waals surface area contributed by atoms with E-state index in [-0.39, 0.29) is 46.5 Å². The number of hydrogen-bond acceptors (Lipinski definition) is 8. The van der Waals surface area contributed by atoms with Crippen molar-refractivity contribution in [3.63, 3.8) is 0 Å². The molecule has 2 aromatic heterocycles. The SMILES string of the molecule is CCc1c(F)ccc2cc(O)cc(-c3ncc4c(N5CC6CCC(CCC(=O)N(C)C)(C6)C5)nc(OC[C@@]56CCCN5C[C@H](F)C6)nc4c3F)c12. The number of hydrogen-bond donors (Lipinski definition) is 1. The second-order valence-electron chi connectivity index (χ2n) is 15.6. The van der Waals surface area contributed by atoms with Crippen molar-refractivity contribution in [2.24, 2.45) is 11.3 Å². The second-order valence-corrected chi connectivity index (χ2v) is 15.6. The van der Waals surface area contributed by atoms with Crippen LogP contribution in [0.5, 0.6) is 11.8 Å². The van der Waals surface area contributed by atoms with Gasteiger partial charge in [0.05, 0.1) is 10.9 Å². The highest BCUT2D eigenvalue weighted by molar-refractivity contribution is 6.01. The van der Waals surface area contributed by atoms with Crippen molar-refractivity contribution in [1.82, 2.24) is 24.8 Å². The van der Waals surface area contributed by atoms with E-state index in [1.54, 1.807) is 31.3 Å². The van der Waals surface area contributed by atoms with Crippen molar-refractivity contribution in [2.75, 3.05) is 51.8 Å². The summed E-state index contributed by atoms with van der Waals surface area (Å²) in [6, 6.07) is 5.88. The lowest BCUT2D eigenvalue weighted by Crippen LogP contribution is -2.44. The topological polar surface area (TPSA) is 94.9 Å². The van der Waals surface area contributed by atoms with Crippen LogP contribution in [0.15, 0.2) is 30.5 Å². The van der Waals surface area contributed by atoms with Crippen LogP contribution in [0.25, 0.3) is 32.9 Å². The van der Waals surface area contributed by atoms with E-state index in [9.17, 15) is 14.3 Å². The maximum absolute atomic E-state index is 17.1. The Kier molecular flexibility index (Phi) is 8.51. The van der Waals surface area contributed by atoms with Gasteiger partial charge < -0.3 is 19.6 Å². The van der Waals surface area contributed by atoms with Crippen molar-refractivity contribution in [2.45, 2.75) is 76.4 Å². The van der Waals surface area contributed by atoms with Crippen molar-refractivity contribution in [1.29, 1.82) is 0 Å². The minimum atomic E-state index is -0.928. The highest BCUT2D eigenvalue weighted by Gasteiger charge is 2.50. The Labute approximate surface area is 295 Å². The molecule has 5 heterocycles. The number of aryl methyl sites for hydroxylation is 1. The molecule has 0 radical (unpaired) electrons. The molecule has 0 spiro atoms. The number of ether oxygens (including phenoxy) is 1. The van der Waals surface area contributed by atoms with Crippen LogP contribution in [0.4, 0.5) is 19.0 Å². The third-order valence-corrected chi connectivity index (χ3v) is 12.1. The molecule has 1 saturated carbocycles. The van der Waals surface area contributed by atoms with Gasteiger partial charge in [0.1, 0.15) is 41.4 Å². The number of fused-ring (bicyclic) bond motifs is 5. The molecule has 9 nitrogen and oxygen atoms in total. The molecule has 4 atom stereocenters. The predicted octanol–water partition coefficient (Wildman–Crippen LogP) is 6.82. The summed E-state index contributed by atoms with van der Waals surface area (Å²) in [5.41, 5.74) is 0.0901. The van der Waals surface area contributed by atoms with Gasteiger partial charge in [-0.1, -0.05) is 13.0 Å². The monoisotopic (exact) mass is 702 g/mol. The van der Waals surface area contributed by atoms with Crippen LogP contribution in [0.1, 0.15) is 63.9 Å². The first-order valence-electron chi connectivity index (χ1n) is 18.3. The zero-order valence-corrected chi connectivity index (χ0v) is 29.5. The summed E-state index contributed by atoms with van der Waals surface area (Å²) >= 11 is 0. The van der Waals surface area contributed by atoms with E-state index in [2.05, 4.69) is 19.8 Å². The Morgan fingerprint density at radius 1 is 1.14 bits per heavy atom. The average molecular weight is 703 g/mol. The second kappa shape index (κ2) is 12.8. The van der Waals surface area contributed by atoms with Crippen molar-refractivity contribution in [3.05, 3.63) is 47.7 Å². The molecule has 12 heteroatoms. The van der Waals surface area contributed by atoms with Gasteiger partial charge in [-0.2, -0.15) is 9.97 Å². The predicted molar refractivity (Wildman–Crippen MR) is 190 cm³/mol. The molecule has 3 saturated heterocycles. The first kappa shape index (κ1) is 33.9. The third kappa shape index (κ3) is 5.93. The van der Waals surface area contributed by atoms with Crippen LogP contribution >= 0.6 is 0 Å². The fourth-order valence-electron chi connectivity index (χ4n) is 9.67. The fraction of sp³-hybridized carbons (Fsp3) is 0.538. The number of halogens is 3. The van der Waals surface area contributed by atoms with Gasteiger partial charge in [-0.15, -0.1) is 0 Å². The quantitative estimate of drug-likeness (QED) is 0.203. The number of rotatable bonds is 9. The fourth-order valence-corrected chi connectivity index (χ4v) is 9.67. The normalized spacial score (nSPS) is 26.0. The molecule has 2 aromatic carbocycles. The summed E-state index contributed by atoms with van der Waals surface area (Å²) in [6.07, 6.45) is 7.40. The Bertz CT molecular complexity index is 2030. The summed E-state index contributed by atoms with van der Waals surface area (Å²) in [5.74, 6) is -0.228. The number of benzene rings is 2. The largest absolute Gasteiger partial charge is 0.508 e. The standard InChI is InChI=1S/C39H45F3N6O3/c1-4-27-30(41)7-6-24-14-26(49)15-28(32(24)27)34-33(42)35-29(18-43-34)36(45-37(44-35)51-22-39-10-5-13-48(39)20-25(40)17-39)47-19-23-8-11-38(16-23,21-47)12-9-31(50)46(2)3/h6-7,14-15,18,23,25,49H,4-5,8-13,16-17,19-22H2,1-3H3/t23?,25-,38?,39+/m1/s1. The minimum absolute atomic E-state index is 0.00731. The number of alkyl halides is 1. The van der Waals surface area contributed by atoms with E-state index in [1.165, 1.54) is 18.2 Å². The molecule has 1 N–H and O–H groups in total. The van der Waals surface area contributed by atoms with Gasteiger partial charge in [0.25, 0.3) is 0 Å². The average Bonchev–Trinajstić information content (AvgIpc) is 3.74. The van der Waals surface area contributed by atoms with Gasteiger partial charge >= 0.3 is 6.01 Å². The van der Waals surface area contributed by atoms with Gasteiger partial charge in [0.15, 0.2) is 5.82 Å². The highest BCUT2D eigenvalue weighted by Crippen LogP contribution is 2.51. The number of carbonyl (C=O) groups is 1. The molecule has 4 fully saturated rings. The number of phenolic OH excluding ortho intramolecular Hbond substituents is 1. The lowest BCUT2D eigenvalue weighted by molar-refractivity contribution is -0.129. The zero-order valence-electron chi connectivity index (χ0n) is 29.5. The van der Waals surface area contributed by atoms with Crippen LogP contribution in [-0.4, -0.2) is 94.4 Å². The Morgan fingerprint density at radius 2 is 1.98 bits per heavy atom. The molecule has 51 heavy (non-hydrogen) atoms. The molecule has 8 rings (SSSR count). The number of aromatic nitrogens is 3. The van der Waals surface area contributed by atoms with E-state index in [0.717, 1.165) is 51.6 Å². The van der Waals surface area contributed by atoms with E-state index < -0.39 is 23.3 Å². The molecule has 1 amide bonds. The molecule has 270 valence electrons. The van der Waals surface area contributed by atoms with Crippen molar-refractivity contribution in [3.8, 4) is 23.0 Å². The number of pyridine rings is 1.